The number of hydrogen-bond donors (Lipinski definition) is 1. The Morgan fingerprint density at radius 3 is 2.14 bits per heavy atom. The molecule has 2 amide bonds. The molecular weight excluding hydrogens is 645 g/mol. The smallest absolute Gasteiger partial charge is 0.264 e. The van der Waals surface area contributed by atoms with E-state index in [-0.39, 0.29) is 35.5 Å². The largest absolute Gasteiger partial charge is 0.486 e. The Hall–Kier alpha value is -4.90. The van der Waals surface area contributed by atoms with Gasteiger partial charge < -0.3 is 19.7 Å². The van der Waals surface area contributed by atoms with Crippen LogP contribution in [0.15, 0.2) is 108 Å². The molecule has 9 nitrogen and oxygen atoms in total. The zero-order valence-corrected chi connectivity index (χ0v) is 28.0. The molecular formula is C38H40FN3O6S. The van der Waals surface area contributed by atoms with Crippen LogP contribution in [0.1, 0.15) is 43.2 Å². The van der Waals surface area contributed by atoms with E-state index in [0.717, 1.165) is 42.0 Å². The standard InChI is InChI=1S/C38H40FN3O6S/c39-30-18-16-29(17-19-30)26-41(34(24-28-10-4-1-5-11-28)38(44)40-31-12-6-2-7-13-31)37(43)27-42(49(45,46)33-14-8-3-9-15-33)32-20-21-35-36(25-32)48-23-22-47-35/h1,3-5,8-11,14-21,25,31,34H,2,6-7,12-13,22-24,26-27H2,(H,40,44)/t34-/m0/s1. The second-order valence-electron chi connectivity index (χ2n) is 12.3. The molecule has 0 spiro atoms. The van der Waals surface area contributed by atoms with Gasteiger partial charge in [-0.2, -0.15) is 0 Å². The number of halogens is 1. The summed E-state index contributed by atoms with van der Waals surface area (Å²) in [5.74, 6) is -0.516. The van der Waals surface area contributed by atoms with E-state index >= 15 is 0 Å². The second-order valence-corrected chi connectivity index (χ2v) is 14.2. The summed E-state index contributed by atoms with van der Waals surface area (Å²) >= 11 is 0. The Morgan fingerprint density at radius 1 is 0.796 bits per heavy atom. The fourth-order valence-corrected chi connectivity index (χ4v) is 7.75. The number of nitrogens with one attached hydrogen (secondary N) is 1. The maximum absolute atomic E-state index is 14.7. The zero-order chi connectivity index (χ0) is 34.2. The average molecular weight is 686 g/mol. The van der Waals surface area contributed by atoms with Gasteiger partial charge in [0.15, 0.2) is 11.5 Å². The molecule has 1 atom stereocenters. The Bertz CT molecular complexity index is 1830. The molecule has 4 aromatic rings. The molecule has 0 radical (unpaired) electrons. The van der Waals surface area contributed by atoms with Crippen molar-refractivity contribution in [3.8, 4) is 11.5 Å². The maximum Gasteiger partial charge on any atom is 0.264 e. The molecule has 0 bridgehead atoms. The summed E-state index contributed by atoms with van der Waals surface area (Å²) in [5, 5.41) is 3.19. The molecule has 1 N–H and O–H groups in total. The molecule has 256 valence electrons. The third kappa shape index (κ3) is 8.40. The fourth-order valence-electron chi connectivity index (χ4n) is 6.32. The van der Waals surface area contributed by atoms with E-state index in [2.05, 4.69) is 5.32 Å². The lowest BCUT2D eigenvalue weighted by Crippen LogP contribution is -2.55. The summed E-state index contributed by atoms with van der Waals surface area (Å²) in [6.07, 6.45) is 5.02. The SMILES string of the molecule is O=C(NC1CCCCC1)[C@H](Cc1ccccc1)N(Cc1ccc(F)cc1)C(=O)CN(c1ccc2c(c1)OCCO2)S(=O)(=O)c1ccccc1. The summed E-state index contributed by atoms with van der Waals surface area (Å²) in [6.45, 7) is -0.000400. The Balaban J connectivity index is 1.40. The van der Waals surface area contributed by atoms with Gasteiger partial charge in [-0.1, -0.05) is 79.9 Å². The van der Waals surface area contributed by atoms with E-state index in [1.54, 1.807) is 48.5 Å². The van der Waals surface area contributed by atoms with Crippen molar-refractivity contribution in [3.63, 3.8) is 0 Å². The number of carbonyl (C=O) groups is 2. The molecule has 1 aliphatic carbocycles. The van der Waals surface area contributed by atoms with Crippen LogP contribution in [0.2, 0.25) is 0 Å². The Morgan fingerprint density at radius 2 is 1.45 bits per heavy atom. The molecule has 2 aliphatic rings. The molecule has 1 saturated carbocycles. The van der Waals surface area contributed by atoms with Gasteiger partial charge in [0.1, 0.15) is 31.6 Å². The summed E-state index contributed by atoms with van der Waals surface area (Å²) in [7, 11) is -4.28. The molecule has 4 aromatic carbocycles. The maximum atomic E-state index is 14.7. The van der Waals surface area contributed by atoms with E-state index < -0.39 is 34.3 Å². The van der Waals surface area contributed by atoms with Crippen LogP contribution in [0.4, 0.5) is 10.1 Å². The number of ether oxygens (including phenoxy) is 2. The molecule has 1 fully saturated rings. The van der Waals surface area contributed by atoms with Crippen molar-refractivity contribution in [3.05, 3.63) is 120 Å². The number of carbonyl (C=O) groups excluding carboxylic acids is 2. The number of nitrogens with zero attached hydrogens (tertiary/aromatic N) is 2. The number of sulfonamides is 1. The highest BCUT2D eigenvalue weighted by molar-refractivity contribution is 7.92. The molecule has 0 saturated heterocycles. The molecule has 1 heterocycles. The molecule has 11 heteroatoms. The normalized spacial score (nSPS) is 15.2. The van der Waals surface area contributed by atoms with Crippen LogP contribution in [0.5, 0.6) is 11.5 Å². The third-order valence-electron chi connectivity index (χ3n) is 8.91. The number of amides is 2. The lowest BCUT2D eigenvalue weighted by atomic mass is 9.94. The molecule has 49 heavy (non-hydrogen) atoms. The molecule has 0 aromatic heterocycles. The predicted octanol–water partition coefficient (Wildman–Crippen LogP) is 5.88. The van der Waals surface area contributed by atoms with Gasteiger partial charge in [0.25, 0.3) is 10.0 Å². The van der Waals surface area contributed by atoms with Gasteiger partial charge in [-0.3, -0.25) is 13.9 Å². The average Bonchev–Trinajstić information content (AvgIpc) is 3.13. The van der Waals surface area contributed by atoms with Gasteiger partial charge in [-0.25, -0.2) is 12.8 Å². The van der Waals surface area contributed by atoms with E-state index in [0.29, 0.717) is 30.3 Å². The van der Waals surface area contributed by atoms with Crippen LogP contribution in [-0.4, -0.2) is 57.0 Å². The Kier molecular flexibility index (Phi) is 10.8. The third-order valence-corrected chi connectivity index (χ3v) is 10.7. The zero-order valence-electron chi connectivity index (χ0n) is 27.2. The van der Waals surface area contributed by atoms with E-state index in [4.69, 9.17) is 9.47 Å². The minimum atomic E-state index is -4.28. The highest BCUT2D eigenvalue weighted by atomic mass is 32.2. The lowest BCUT2D eigenvalue weighted by Gasteiger charge is -2.35. The highest BCUT2D eigenvalue weighted by Crippen LogP contribution is 2.36. The summed E-state index contributed by atoms with van der Waals surface area (Å²) in [4.78, 5) is 30.3. The van der Waals surface area contributed by atoms with Crippen molar-refractivity contribution >= 4 is 27.5 Å². The quantitative estimate of drug-likeness (QED) is 0.200. The van der Waals surface area contributed by atoms with Crippen molar-refractivity contribution < 1.29 is 31.9 Å². The Labute approximate surface area is 286 Å². The predicted molar refractivity (Wildman–Crippen MR) is 184 cm³/mol. The minimum absolute atomic E-state index is 0.00125. The first-order chi connectivity index (χ1) is 23.8. The van der Waals surface area contributed by atoms with Gasteiger partial charge in [-0.15, -0.1) is 0 Å². The van der Waals surface area contributed by atoms with Gasteiger partial charge in [-0.05, 0) is 60.4 Å². The first kappa shape index (κ1) is 34.0. The van der Waals surface area contributed by atoms with Crippen molar-refractivity contribution in [2.75, 3.05) is 24.1 Å². The minimum Gasteiger partial charge on any atom is -0.486 e. The topological polar surface area (TPSA) is 105 Å². The summed E-state index contributed by atoms with van der Waals surface area (Å²) in [5.41, 5.74) is 1.63. The van der Waals surface area contributed by atoms with Crippen LogP contribution in [0, 0.1) is 5.82 Å². The van der Waals surface area contributed by atoms with Crippen LogP contribution in [-0.2, 0) is 32.6 Å². The van der Waals surface area contributed by atoms with Crippen molar-refractivity contribution in [1.29, 1.82) is 0 Å². The number of fused-ring (bicyclic) bond motifs is 1. The van der Waals surface area contributed by atoms with Gasteiger partial charge in [0, 0.05) is 25.1 Å². The van der Waals surface area contributed by atoms with Gasteiger partial charge >= 0.3 is 0 Å². The summed E-state index contributed by atoms with van der Waals surface area (Å²) < 4.78 is 55.0. The van der Waals surface area contributed by atoms with Crippen molar-refractivity contribution in [2.45, 2.75) is 62.0 Å². The van der Waals surface area contributed by atoms with Crippen LogP contribution >= 0.6 is 0 Å². The van der Waals surface area contributed by atoms with Crippen molar-refractivity contribution in [2.24, 2.45) is 0 Å². The molecule has 1 aliphatic heterocycles. The number of rotatable bonds is 12. The fraction of sp³-hybridized carbons (Fsp3) is 0.316. The lowest BCUT2D eigenvalue weighted by molar-refractivity contribution is -0.140. The van der Waals surface area contributed by atoms with Gasteiger partial charge in [0.05, 0.1) is 10.6 Å². The summed E-state index contributed by atoms with van der Waals surface area (Å²) in [6, 6.07) is 26.7. The van der Waals surface area contributed by atoms with Crippen LogP contribution in [0.3, 0.4) is 0 Å². The van der Waals surface area contributed by atoms with E-state index in [9.17, 15) is 22.4 Å². The van der Waals surface area contributed by atoms with Crippen molar-refractivity contribution in [1.82, 2.24) is 10.2 Å². The highest BCUT2D eigenvalue weighted by Gasteiger charge is 2.36. The molecule has 6 rings (SSSR count). The van der Waals surface area contributed by atoms with Crippen LogP contribution < -0.4 is 19.1 Å². The monoisotopic (exact) mass is 685 g/mol. The number of hydrogen-bond acceptors (Lipinski definition) is 6. The van der Waals surface area contributed by atoms with Gasteiger partial charge in [0.2, 0.25) is 11.8 Å². The van der Waals surface area contributed by atoms with Crippen LogP contribution in [0.25, 0.3) is 0 Å². The number of benzene rings is 4. The first-order valence-corrected chi connectivity index (χ1v) is 18.1. The van der Waals surface area contributed by atoms with E-state index in [1.165, 1.54) is 29.2 Å². The molecule has 0 unspecified atom stereocenters. The number of anilines is 1. The van der Waals surface area contributed by atoms with E-state index in [1.807, 2.05) is 30.3 Å². The second kappa shape index (κ2) is 15.5. The first-order valence-electron chi connectivity index (χ1n) is 16.6.